The van der Waals surface area contributed by atoms with Gasteiger partial charge in [0.25, 0.3) is 0 Å². The molecule has 0 radical (unpaired) electrons. The lowest BCUT2D eigenvalue weighted by Gasteiger charge is -2.15. The molecule has 1 N–H and O–H groups in total. The summed E-state index contributed by atoms with van der Waals surface area (Å²) >= 11 is 0. The van der Waals surface area contributed by atoms with E-state index in [0.717, 1.165) is 18.8 Å². The van der Waals surface area contributed by atoms with Gasteiger partial charge in [0, 0.05) is 26.6 Å². The third-order valence-corrected chi connectivity index (χ3v) is 2.09. The molecule has 5 heteroatoms. The first-order chi connectivity index (χ1) is 6.77. The lowest BCUT2D eigenvalue weighted by atomic mass is 10.2. The van der Waals surface area contributed by atoms with Gasteiger partial charge in [0.05, 0.1) is 6.61 Å². The zero-order valence-corrected chi connectivity index (χ0v) is 9.03. The number of aryl methyl sites for hydroxylation is 1. The Bertz CT molecular complexity index is 255. The molecule has 1 rings (SSSR count). The number of aromatic nitrogens is 3. The van der Waals surface area contributed by atoms with Gasteiger partial charge in [0.1, 0.15) is 12.2 Å². The van der Waals surface area contributed by atoms with E-state index >= 15 is 0 Å². The van der Waals surface area contributed by atoms with E-state index in [0.29, 0.717) is 12.6 Å². The van der Waals surface area contributed by atoms with Crippen molar-refractivity contribution in [1.29, 1.82) is 0 Å². The molecule has 0 bridgehead atoms. The molecule has 0 fully saturated rings. The van der Waals surface area contributed by atoms with Crippen molar-refractivity contribution in [2.45, 2.75) is 19.4 Å². The quantitative estimate of drug-likeness (QED) is 0.698. The number of rotatable bonds is 6. The molecule has 0 aromatic carbocycles. The van der Waals surface area contributed by atoms with Crippen LogP contribution in [0.1, 0.15) is 12.7 Å². The number of nitrogens with zero attached hydrogens (tertiary/aromatic N) is 3. The van der Waals surface area contributed by atoms with Crippen molar-refractivity contribution < 1.29 is 4.74 Å². The number of hydrogen-bond donors (Lipinski definition) is 1. The SMILES string of the molecule is CCNC(COC)Cc1ncnn1C. The topological polar surface area (TPSA) is 52.0 Å². The molecule has 0 saturated carbocycles. The lowest BCUT2D eigenvalue weighted by Crippen LogP contribution is -2.35. The van der Waals surface area contributed by atoms with Crippen LogP contribution in [0, 0.1) is 0 Å². The molecule has 1 aromatic heterocycles. The van der Waals surface area contributed by atoms with Crippen molar-refractivity contribution >= 4 is 0 Å². The molecule has 80 valence electrons. The summed E-state index contributed by atoms with van der Waals surface area (Å²) in [5.41, 5.74) is 0. The molecule has 0 aliphatic rings. The van der Waals surface area contributed by atoms with Gasteiger partial charge in [0.2, 0.25) is 0 Å². The van der Waals surface area contributed by atoms with E-state index < -0.39 is 0 Å². The van der Waals surface area contributed by atoms with Gasteiger partial charge in [-0.15, -0.1) is 0 Å². The molecule has 14 heavy (non-hydrogen) atoms. The van der Waals surface area contributed by atoms with E-state index in [2.05, 4.69) is 22.3 Å². The Balaban J connectivity index is 2.50. The third kappa shape index (κ3) is 3.08. The Labute approximate surface area is 84.5 Å². The zero-order chi connectivity index (χ0) is 10.4. The number of nitrogens with one attached hydrogen (secondary N) is 1. The smallest absolute Gasteiger partial charge is 0.138 e. The molecule has 0 saturated heterocycles. The molecular weight excluding hydrogens is 180 g/mol. The monoisotopic (exact) mass is 198 g/mol. The standard InChI is InChI=1S/C9H18N4O/c1-4-10-8(6-14-3)5-9-11-7-12-13(9)2/h7-8,10H,4-6H2,1-3H3. The first-order valence-electron chi connectivity index (χ1n) is 4.83. The van der Waals surface area contributed by atoms with Crippen LogP contribution in [-0.2, 0) is 18.2 Å². The van der Waals surface area contributed by atoms with Gasteiger partial charge in [-0.25, -0.2) is 4.98 Å². The van der Waals surface area contributed by atoms with Crippen LogP contribution in [0.2, 0.25) is 0 Å². The summed E-state index contributed by atoms with van der Waals surface area (Å²) in [5, 5.41) is 7.37. The Kier molecular flexibility index (Phi) is 4.55. The maximum absolute atomic E-state index is 5.13. The summed E-state index contributed by atoms with van der Waals surface area (Å²) in [5.74, 6) is 0.980. The van der Waals surface area contributed by atoms with E-state index in [1.807, 2.05) is 7.05 Å². The van der Waals surface area contributed by atoms with Gasteiger partial charge in [-0.3, -0.25) is 4.68 Å². The fourth-order valence-corrected chi connectivity index (χ4v) is 1.41. The van der Waals surface area contributed by atoms with Crippen molar-refractivity contribution in [2.75, 3.05) is 20.3 Å². The molecule has 0 aliphatic carbocycles. The fourth-order valence-electron chi connectivity index (χ4n) is 1.41. The Morgan fingerprint density at radius 2 is 2.43 bits per heavy atom. The molecule has 0 aliphatic heterocycles. The average Bonchev–Trinajstić information content (AvgIpc) is 2.53. The van der Waals surface area contributed by atoms with Crippen LogP contribution >= 0.6 is 0 Å². The highest BCUT2D eigenvalue weighted by molar-refractivity contribution is 4.88. The van der Waals surface area contributed by atoms with Crippen LogP contribution in [-0.4, -0.2) is 41.1 Å². The average molecular weight is 198 g/mol. The molecule has 5 nitrogen and oxygen atoms in total. The Morgan fingerprint density at radius 1 is 1.64 bits per heavy atom. The minimum absolute atomic E-state index is 0.313. The van der Waals surface area contributed by atoms with Gasteiger partial charge in [-0.1, -0.05) is 6.92 Å². The van der Waals surface area contributed by atoms with Crippen LogP contribution < -0.4 is 5.32 Å². The van der Waals surface area contributed by atoms with Crippen molar-refractivity contribution in [1.82, 2.24) is 20.1 Å². The number of methoxy groups -OCH3 is 1. The van der Waals surface area contributed by atoms with Crippen LogP contribution in [0.4, 0.5) is 0 Å². The van der Waals surface area contributed by atoms with Crippen LogP contribution in [0.25, 0.3) is 0 Å². The van der Waals surface area contributed by atoms with E-state index in [-0.39, 0.29) is 0 Å². The third-order valence-electron chi connectivity index (χ3n) is 2.09. The predicted molar refractivity (Wildman–Crippen MR) is 54.0 cm³/mol. The summed E-state index contributed by atoms with van der Waals surface area (Å²) < 4.78 is 6.92. The van der Waals surface area contributed by atoms with Crippen LogP contribution in [0.3, 0.4) is 0 Å². The van der Waals surface area contributed by atoms with Crippen molar-refractivity contribution in [3.8, 4) is 0 Å². The second-order valence-corrected chi connectivity index (χ2v) is 3.21. The maximum atomic E-state index is 5.13. The number of ether oxygens (including phenoxy) is 1. The first kappa shape index (κ1) is 11.1. The highest BCUT2D eigenvalue weighted by Crippen LogP contribution is 1.98. The van der Waals surface area contributed by atoms with Gasteiger partial charge >= 0.3 is 0 Å². The molecule has 0 spiro atoms. The maximum Gasteiger partial charge on any atom is 0.138 e. The summed E-state index contributed by atoms with van der Waals surface area (Å²) in [4.78, 5) is 4.18. The number of hydrogen-bond acceptors (Lipinski definition) is 4. The Hall–Kier alpha value is -0.940. The summed E-state index contributed by atoms with van der Waals surface area (Å²) in [6.45, 7) is 3.71. The predicted octanol–water partition coefficient (Wildman–Crippen LogP) is -0.0179. The second kappa shape index (κ2) is 5.72. The molecule has 1 atom stereocenters. The number of likely N-dealkylation sites (N-methyl/N-ethyl adjacent to an activating group) is 1. The summed E-state index contributed by atoms with van der Waals surface area (Å²) in [6, 6.07) is 0.313. The molecular formula is C9H18N4O. The van der Waals surface area contributed by atoms with E-state index in [4.69, 9.17) is 4.74 Å². The van der Waals surface area contributed by atoms with E-state index in [9.17, 15) is 0 Å². The summed E-state index contributed by atoms with van der Waals surface area (Å²) in [7, 11) is 3.61. The van der Waals surface area contributed by atoms with Crippen molar-refractivity contribution in [3.63, 3.8) is 0 Å². The fraction of sp³-hybridized carbons (Fsp3) is 0.778. The first-order valence-corrected chi connectivity index (χ1v) is 4.83. The highest BCUT2D eigenvalue weighted by Gasteiger charge is 2.10. The van der Waals surface area contributed by atoms with Crippen molar-refractivity contribution in [2.24, 2.45) is 7.05 Å². The molecule has 1 unspecified atom stereocenters. The van der Waals surface area contributed by atoms with Gasteiger partial charge < -0.3 is 10.1 Å². The van der Waals surface area contributed by atoms with E-state index in [1.54, 1.807) is 18.1 Å². The normalized spacial score (nSPS) is 13.1. The van der Waals surface area contributed by atoms with Gasteiger partial charge in [-0.05, 0) is 6.54 Å². The van der Waals surface area contributed by atoms with E-state index in [1.165, 1.54) is 0 Å². The van der Waals surface area contributed by atoms with Gasteiger partial charge in [0.15, 0.2) is 0 Å². The largest absolute Gasteiger partial charge is 0.383 e. The molecule has 1 aromatic rings. The summed E-state index contributed by atoms with van der Waals surface area (Å²) in [6.07, 6.45) is 2.42. The highest BCUT2D eigenvalue weighted by atomic mass is 16.5. The van der Waals surface area contributed by atoms with Crippen molar-refractivity contribution in [3.05, 3.63) is 12.2 Å². The van der Waals surface area contributed by atoms with Crippen LogP contribution in [0.5, 0.6) is 0 Å². The minimum atomic E-state index is 0.313. The molecule has 0 amide bonds. The minimum Gasteiger partial charge on any atom is -0.383 e. The van der Waals surface area contributed by atoms with Crippen LogP contribution in [0.15, 0.2) is 6.33 Å². The lowest BCUT2D eigenvalue weighted by molar-refractivity contribution is 0.165. The van der Waals surface area contributed by atoms with Gasteiger partial charge in [-0.2, -0.15) is 5.10 Å². The zero-order valence-electron chi connectivity index (χ0n) is 9.03. The Morgan fingerprint density at radius 3 is 2.93 bits per heavy atom. The second-order valence-electron chi connectivity index (χ2n) is 3.21. The molecule has 1 heterocycles.